The van der Waals surface area contributed by atoms with Gasteiger partial charge in [0.25, 0.3) is 5.91 Å². The summed E-state index contributed by atoms with van der Waals surface area (Å²) in [6, 6.07) is 4.67. The molecule has 1 aromatic carbocycles. The van der Waals surface area contributed by atoms with Gasteiger partial charge in [0.15, 0.2) is 5.96 Å². The van der Waals surface area contributed by atoms with Crippen molar-refractivity contribution in [1.82, 2.24) is 4.90 Å². The summed E-state index contributed by atoms with van der Waals surface area (Å²) >= 11 is 5.96. The zero-order valence-electron chi connectivity index (χ0n) is 10.6. The average Bonchev–Trinajstić information content (AvgIpc) is 2.29. The summed E-state index contributed by atoms with van der Waals surface area (Å²) in [6.07, 6.45) is 0. The number of halogens is 1. The van der Waals surface area contributed by atoms with Gasteiger partial charge in [0, 0.05) is 14.1 Å². The molecule has 19 heavy (non-hydrogen) atoms. The minimum absolute atomic E-state index is 0.106. The first-order valence-electron chi connectivity index (χ1n) is 5.26. The number of hydrogen-bond donors (Lipinski definition) is 3. The monoisotopic (exact) mass is 282 g/mol. The molecule has 1 amide bonds. The van der Waals surface area contributed by atoms with Crippen molar-refractivity contribution in [2.45, 2.75) is 0 Å². The maximum absolute atomic E-state index is 11.9. The number of carbonyl (C=O) groups is 1. The molecule has 1 rings (SSSR count). The molecule has 1 aromatic rings. The zero-order chi connectivity index (χ0) is 14.6. The summed E-state index contributed by atoms with van der Waals surface area (Å²) in [5.41, 5.74) is 16.6. The maximum atomic E-state index is 11.9. The van der Waals surface area contributed by atoms with Gasteiger partial charge in [0.2, 0.25) is 5.96 Å². The minimum atomic E-state index is -0.234. The van der Waals surface area contributed by atoms with Crippen LogP contribution < -0.4 is 17.2 Å². The van der Waals surface area contributed by atoms with Gasteiger partial charge in [-0.1, -0.05) is 11.6 Å². The minimum Gasteiger partial charge on any atom is -0.370 e. The van der Waals surface area contributed by atoms with Crippen LogP contribution in [0.2, 0.25) is 5.02 Å². The van der Waals surface area contributed by atoms with Crippen molar-refractivity contribution in [1.29, 1.82) is 0 Å². The molecule has 6 N–H and O–H groups in total. The smallest absolute Gasteiger partial charge is 0.254 e. The number of carbonyl (C=O) groups excluding carboxylic acids is 1. The number of nitrogens with two attached hydrogens (primary N) is 3. The topological polar surface area (TPSA) is 123 Å². The SMILES string of the molecule is CN(C)C(=O)c1cc(N=C(N)N=C(N)N)ccc1Cl. The molecular weight excluding hydrogens is 268 g/mol. The number of guanidine groups is 2. The van der Waals surface area contributed by atoms with E-state index in [4.69, 9.17) is 28.8 Å². The molecule has 7 nitrogen and oxygen atoms in total. The van der Waals surface area contributed by atoms with Gasteiger partial charge in [0.1, 0.15) is 0 Å². The van der Waals surface area contributed by atoms with Crippen LogP contribution in [0.5, 0.6) is 0 Å². The van der Waals surface area contributed by atoms with Crippen molar-refractivity contribution < 1.29 is 4.79 Å². The quantitative estimate of drug-likeness (QED) is 0.532. The first-order chi connectivity index (χ1) is 8.81. The third kappa shape index (κ3) is 4.14. The number of rotatable bonds is 2. The predicted molar refractivity (Wildman–Crippen MR) is 76.6 cm³/mol. The molecule has 0 saturated heterocycles. The number of benzene rings is 1. The van der Waals surface area contributed by atoms with Crippen molar-refractivity contribution in [3.05, 3.63) is 28.8 Å². The summed E-state index contributed by atoms with van der Waals surface area (Å²) in [4.78, 5) is 20.8. The van der Waals surface area contributed by atoms with Crippen LogP contribution in [0.1, 0.15) is 10.4 Å². The molecule has 0 bridgehead atoms. The summed E-state index contributed by atoms with van der Waals surface area (Å²) in [6.45, 7) is 0. The van der Waals surface area contributed by atoms with Crippen molar-refractivity contribution in [3.63, 3.8) is 0 Å². The van der Waals surface area contributed by atoms with Gasteiger partial charge in [-0.15, -0.1) is 0 Å². The fourth-order valence-electron chi connectivity index (χ4n) is 1.28. The molecule has 0 spiro atoms. The highest BCUT2D eigenvalue weighted by molar-refractivity contribution is 6.34. The van der Waals surface area contributed by atoms with E-state index in [1.165, 1.54) is 11.0 Å². The molecular formula is C11H15ClN6O. The molecule has 0 atom stereocenters. The maximum Gasteiger partial charge on any atom is 0.254 e. The lowest BCUT2D eigenvalue weighted by Gasteiger charge is -2.11. The first kappa shape index (κ1) is 14.8. The highest BCUT2D eigenvalue weighted by Crippen LogP contribution is 2.23. The van der Waals surface area contributed by atoms with Crippen molar-refractivity contribution >= 4 is 35.1 Å². The van der Waals surface area contributed by atoms with Crippen molar-refractivity contribution in [2.24, 2.45) is 27.2 Å². The molecule has 0 aliphatic heterocycles. The summed E-state index contributed by atoms with van der Waals surface area (Å²) in [5, 5.41) is 0.332. The Morgan fingerprint density at radius 3 is 2.42 bits per heavy atom. The number of amides is 1. The van der Waals surface area contributed by atoms with Crippen LogP contribution in [-0.4, -0.2) is 36.8 Å². The van der Waals surface area contributed by atoms with Gasteiger partial charge in [0.05, 0.1) is 16.3 Å². The highest BCUT2D eigenvalue weighted by atomic mass is 35.5. The fraction of sp³-hybridized carbons (Fsp3) is 0.182. The normalized spacial score (nSPS) is 11.0. The molecule has 102 valence electrons. The molecule has 8 heteroatoms. The van der Waals surface area contributed by atoms with E-state index < -0.39 is 0 Å². The van der Waals surface area contributed by atoms with E-state index in [1.54, 1.807) is 26.2 Å². The Kier molecular flexibility index (Phi) is 4.71. The largest absolute Gasteiger partial charge is 0.370 e. The average molecular weight is 283 g/mol. The fourth-order valence-corrected chi connectivity index (χ4v) is 1.48. The lowest BCUT2D eigenvalue weighted by Crippen LogP contribution is -2.26. The summed E-state index contributed by atoms with van der Waals surface area (Å²) in [7, 11) is 3.25. The van der Waals surface area contributed by atoms with E-state index >= 15 is 0 Å². The van der Waals surface area contributed by atoms with Gasteiger partial charge in [-0.05, 0) is 18.2 Å². The molecule has 0 aliphatic carbocycles. The van der Waals surface area contributed by atoms with Gasteiger partial charge in [-0.2, -0.15) is 4.99 Å². The number of hydrogen-bond acceptors (Lipinski definition) is 2. The second-order valence-corrected chi connectivity index (χ2v) is 4.28. The Hall–Kier alpha value is -2.28. The second-order valence-electron chi connectivity index (χ2n) is 3.87. The van der Waals surface area contributed by atoms with Crippen LogP contribution in [0.25, 0.3) is 0 Å². The number of aliphatic imine (C=N–C) groups is 2. The summed E-state index contributed by atoms with van der Waals surface area (Å²) in [5.74, 6) is -0.534. The van der Waals surface area contributed by atoms with Crippen LogP contribution in [0.4, 0.5) is 5.69 Å². The van der Waals surface area contributed by atoms with Crippen LogP contribution >= 0.6 is 11.6 Å². The molecule has 0 fully saturated rings. The third-order valence-electron chi connectivity index (χ3n) is 2.07. The van der Waals surface area contributed by atoms with E-state index in [9.17, 15) is 4.79 Å². The lowest BCUT2D eigenvalue weighted by atomic mass is 10.2. The Morgan fingerprint density at radius 1 is 1.26 bits per heavy atom. The van der Waals surface area contributed by atoms with E-state index in [-0.39, 0.29) is 17.8 Å². The molecule has 0 saturated carbocycles. The van der Waals surface area contributed by atoms with Gasteiger partial charge >= 0.3 is 0 Å². The number of nitrogens with zero attached hydrogens (tertiary/aromatic N) is 3. The Labute approximate surface area is 115 Å². The molecule has 0 aromatic heterocycles. The van der Waals surface area contributed by atoms with E-state index in [0.29, 0.717) is 16.3 Å². The van der Waals surface area contributed by atoms with Crippen molar-refractivity contribution in [2.75, 3.05) is 14.1 Å². The summed E-state index contributed by atoms with van der Waals surface area (Å²) < 4.78 is 0. The first-order valence-corrected chi connectivity index (χ1v) is 5.64. The van der Waals surface area contributed by atoms with Gasteiger partial charge in [-0.25, -0.2) is 4.99 Å². The van der Waals surface area contributed by atoms with E-state index in [0.717, 1.165) is 0 Å². The standard InChI is InChI=1S/C11H15ClN6O/c1-18(2)9(19)7-5-6(3-4-8(7)12)16-11(15)17-10(13)14/h3-5H,1-2H3,(H6,13,14,15,16,17). The van der Waals surface area contributed by atoms with E-state index in [2.05, 4.69) is 9.98 Å². The molecule has 0 radical (unpaired) electrons. The molecule has 0 heterocycles. The lowest BCUT2D eigenvalue weighted by molar-refractivity contribution is 0.0828. The van der Waals surface area contributed by atoms with Crippen LogP contribution in [0, 0.1) is 0 Å². The second kappa shape index (κ2) is 6.05. The van der Waals surface area contributed by atoms with Crippen LogP contribution in [0.15, 0.2) is 28.2 Å². The Balaban J connectivity index is 3.17. The Morgan fingerprint density at radius 2 is 1.89 bits per heavy atom. The van der Waals surface area contributed by atoms with Gasteiger partial charge in [-0.3, -0.25) is 4.79 Å². The van der Waals surface area contributed by atoms with E-state index in [1.807, 2.05) is 0 Å². The zero-order valence-corrected chi connectivity index (χ0v) is 11.3. The van der Waals surface area contributed by atoms with Crippen molar-refractivity contribution in [3.8, 4) is 0 Å². The third-order valence-corrected chi connectivity index (χ3v) is 2.40. The molecule has 0 unspecified atom stereocenters. The predicted octanol–water partition coefficient (Wildman–Crippen LogP) is 0.261. The van der Waals surface area contributed by atoms with Crippen LogP contribution in [0.3, 0.4) is 0 Å². The Bertz CT molecular complexity index is 548. The van der Waals surface area contributed by atoms with Gasteiger partial charge < -0.3 is 22.1 Å². The molecule has 0 aliphatic rings. The van der Waals surface area contributed by atoms with Crippen LogP contribution in [-0.2, 0) is 0 Å². The highest BCUT2D eigenvalue weighted by Gasteiger charge is 2.13.